The molecular weight excluding hydrogens is 342 g/mol. The van der Waals surface area contributed by atoms with Gasteiger partial charge >= 0.3 is 0 Å². The number of hydrogen-bond donors (Lipinski definition) is 1. The number of ether oxygens (including phenoxy) is 2. The number of carbonyl (C=O) groups is 1. The lowest BCUT2D eigenvalue weighted by molar-refractivity contribution is -0.116. The summed E-state index contributed by atoms with van der Waals surface area (Å²) in [4.78, 5) is 17.2. The molecule has 142 valence electrons. The van der Waals surface area contributed by atoms with E-state index in [2.05, 4.69) is 5.32 Å². The highest BCUT2D eigenvalue weighted by Gasteiger charge is 2.18. The Labute approximate surface area is 159 Å². The van der Waals surface area contributed by atoms with Crippen molar-refractivity contribution in [2.75, 3.05) is 19.5 Å². The van der Waals surface area contributed by atoms with Gasteiger partial charge in [0.2, 0.25) is 5.91 Å². The molecule has 0 bridgehead atoms. The first kappa shape index (κ1) is 18.8. The first-order valence-corrected chi connectivity index (χ1v) is 8.94. The third-order valence-corrected chi connectivity index (χ3v) is 4.27. The van der Waals surface area contributed by atoms with E-state index in [1.54, 1.807) is 14.2 Å². The summed E-state index contributed by atoms with van der Waals surface area (Å²) in [6.07, 6.45) is 2.42. The summed E-state index contributed by atoms with van der Waals surface area (Å²) in [5.41, 5.74) is 3.39. The van der Waals surface area contributed by atoms with Gasteiger partial charge in [0.15, 0.2) is 11.5 Å². The molecule has 6 nitrogen and oxygen atoms in total. The second-order valence-electron chi connectivity index (χ2n) is 6.96. The molecule has 0 aliphatic rings. The maximum absolute atomic E-state index is 12.5. The number of anilines is 1. The Bertz CT molecular complexity index is 976. The Balaban J connectivity index is 2.14. The molecule has 1 aromatic carbocycles. The van der Waals surface area contributed by atoms with E-state index in [0.29, 0.717) is 29.4 Å². The number of methoxy groups -OCH3 is 2. The van der Waals surface area contributed by atoms with Gasteiger partial charge in [-0.15, -0.1) is 0 Å². The number of nitrogens with zero attached hydrogens (tertiary/aromatic N) is 2. The van der Waals surface area contributed by atoms with Crippen molar-refractivity contribution in [1.29, 1.82) is 0 Å². The summed E-state index contributed by atoms with van der Waals surface area (Å²) in [6.45, 7) is 6.05. The molecule has 2 heterocycles. The van der Waals surface area contributed by atoms with Crippen LogP contribution >= 0.6 is 0 Å². The highest BCUT2D eigenvalue weighted by atomic mass is 16.5. The Morgan fingerprint density at radius 3 is 2.56 bits per heavy atom. The third kappa shape index (κ3) is 3.89. The van der Waals surface area contributed by atoms with Crippen LogP contribution in [0.15, 0.2) is 36.5 Å². The van der Waals surface area contributed by atoms with Crippen LogP contribution in [0.4, 0.5) is 5.82 Å². The second kappa shape index (κ2) is 7.70. The minimum Gasteiger partial charge on any atom is -0.493 e. The van der Waals surface area contributed by atoms with E-state index in [9.17, 15) is 4.79 Å². The maximum atomic E-state index is 12.5. The first-order valence-electron chi connectivity index (χ1n) is 8.94. The molecule has 0 atom stereocenters. The lowest BCUT2D eigenvalue weighted by Crippen LogP contribution is -2.15. The van der Waals surface area contributed by atoms with Crippen molar-refractivity contribution < 1.29 is 14.3 Å². The number of carbonyl (C=O) groups excluding carboxylic acids is 1. The van der Waals surface area contributed by atoms with Crippen LogP contribution in [0.3, 0.4) is 0 Å². The van der Waals surface area contributed by atoms with Crippen LogP contribution in [-0.2, 0) is 4.79 Å². The minimum atomic E-state index is -0.0324. The zero-order chi connectivity index (χ0) is 19.6. The molecule has 1 N–H and O–H groups in total. The fraction of sp³-hybridized carbons (Fsp3) is 0.333. The summed E-state index contributed by atoms with van der Waals surface area (Å²) in [5, 5.41) is 3.05. The van der Waals surface area contributed by atoms with E-state index >= 15 is 0 Å². The lowest BCUT2D eigenvalue weighted by Gasteiger charge is -2.11. The topological polar surface area (TPSA) is 64.9 Å². The van der Waals surface area contributed by atoms with Gasteiger partial charge in [-0.1, -0.05) is 19.9 Å². The predicted octanol–water partition coefficient (Wildman–Crippen LogP) is 4.31. The fourth-order valence-corrected chi connectivity index (χ4v) is 3.01. The van der Waals surface area contributed by atoms with Crippen LogP contribution in [0, 0.1) is 12.8 Å². The average Bonchev–Trinajstić information content (AvgIpc) is 2.98. The van der Waals surface area contributed by atoms with Gasteiger partial charge in [-0.05, 0) is 42.7 Å². The Hall–Kier alpha value is -3.02. The summed E-state index contributed by atoms with van der Waals surface area (Å²) in [5.74, 6) is 2.16. The van der Waals surface area contributed by atoms with E-state index in [0.717, 1.165) is 16.8 Å². The number of aromatic nitrogens is 2. The van der Waals surface area contributed by atoms with Crippen LogP contribution in [0.5, 0.6) is 11.5 Å². The van der Waals surface area contributed by atoms with Gasteiger partial charge in [-0.3, -0.25) is 9.20 Å². The van der Waals surface area contributed by atoms with Crippen LogP contribution in [0.2, 0.25) is 0 Å². The predicted molar refractivity (Wildman–Crippen MR) is 107 cm³/mol. The first-order chi connectivity index (χ1) is 12.9. The smallest absolute Gasteiger partial charge is 0.225 e. The number of benzene rings is 1. The van der Waals surface area contributed by atoms with Crippen LogP contribution in [0.1, 0.15) is 25.8 Å². The number of aryl methyl sites for hydroxylation is 1. The lowest BCUT2D eigenvalue weighted by atomic mass is 10.1. The SMILES string of the molecule is COc1ccc(-c2nc3ccc(C)cn3c2NC(=O)CC(C)C)cc1OC. The molecule has 0 saturated carbocycles. The molecule has 1 amide bonds. The van der Waals surface area contributed by atoms with E-state index in [1.165, 1.54) is 0 Å². The fourth-order valence-electron chi connectivity index (χ4n) is 3.01. The van der Waals surface area contributed by atoms with Crippen molar-refractivity contribution in [3.05, 3.63) is 42.1 Å². The molecule has 0 aliphatic carbocycles. The molecule has 27 heavy (non-hydrogen) atoms. The molecule has 0 radical (unpaired) electrons. The van der Waals surface area contributed by atoms with Gasteiger partial charge in [-0.25, -0.2) is 4.98 Å². The zero-order valence-electron chi connectivity index (χ0n) is 16.4. The zero-order valence-corrected chi connectivity index (χ0v) is 16.4. The highest BCUT2D eigenvalue weighted by molar-refractivity contribution is 5.94. The normalized spacial score (nSPS) is 11.0. The highest BCUT2D eigenvalue weighted by Crippen LogP contribution is 2.35. The monoisotopic (exact) mass is 367 g/mol. The van der Waals surface area contributed by atoms with Gasteiger partial charge < -0.3 is 14.8 Å². The summed E-state index contributed by atoms with van der Waals surface area (Å²) < 4.78 is 12.7. The van der Waals surface area contributed by atoms with E-state index in [4.69, 9.17) is 14.5 Å². The van der Waals surface area contributed by atoms with Crippen molar-refractivity contribution in [3.8, 4) is 22.8 Å². The van der Waals surface area contributed by atoms with Crippen LogP contribution in [0.25, 0.3) is 16.9 Å². The molecule has 0 fully saturated rings. The number of hydrogen-bond acceptors (Lipinski definition) is 4. The number of imidazole rings is 1. The summed E-state index contributed by atoms with van der Waals surface area (Å²) in [7, 11) is 3.20. The van der Waals surface area contributed by atoms with Crippen molar-refractivity contribution in [2.45, 2.75) is 27.2 Å². The molecule has 0 aliphatic heterocycles. The number of pyridine rings is 1. The van der Waals surface area contributed by atoms with E-state index in [1.807, 2.05) is 61.7 Å². The van der Waals surface area contributed by atoms with Crippen LogP contribution < -0.4 is 14.8 Å². The minimum absolute atomic E-state index is 0.0324. The number of fused-ring (bicyclic) bond motifs is 1. The molecule has 0 spiro atoms. The van der Waals surface area contributed by atoms with Gasteiger partial charge in [0, 0.05) is 18.2 Å². The Morgan fingerprint density at radius 1 is 1.15 bits per heavy atom. The molecular formula is C21H25N3O3. The molecule has 3 rings (SSSR count). The van der Waals surface area contributed by atoms with Gasteiger partial charge in [0.25, 0.3) is 0 Å². The Kier molecular flexibility index (Phi) is 5.35. The second-order valence-corrected chi connectivity index (χ2v) is 6.96. The van der Waals surface area contributed by atoms with Gasteiger partial charge in [0.05, 0.1) is 14.2 Å². The standard InChI is InChI=1S/C21H25N3O3/c1-13(2)10-19(25)23-21-20(22-18-9-6-14(3)12-24(18)21)15-7-8-16(26-4)17(11-15)27-5/h6-9,11-13H,10H2,1-5H3,(H,23,25). The Morgan fingerprint density at radius 2 is 1.89 bits per heavy atom. The number of amides is 1. The molecule has 0 saturated heterocycles. The van der Waals surface area contributed by atoms with E-state index < -0.39 is 0 Å². The molecule has 2 aromatic heterocycles. The third-order valence-electron chi connectivity index (χ3n) is 4.27. The largest absolute Gasteiger partial charge is 0.493 e. The van der Waals surface area contributed by atoms with Crippen molar-refractivity contribution in [2.24, 2.45) is 5.92 Å². The molecule has 6 heteroatoms. The summed E-state index contributed by atoms with van der Waals surface area (Å²) in [6, 6.07) is 9.56. The van der Waals surface area contributed by atoms with Crippen molar-refractivity contribution in [3.63, 3.8) is 0 Å². The molecule has 0 unspecified atom stereocenters. The quantitative estimate of drug-likeness (QED) is 0.705. The molecule has 3 aromatic rings. The number of rotatable bonds is 6. The van der Waals surface area contributed by atoms with Crippen molar-refractivity contribution in [1.82, 2.24) is 9.38 Å². The number of nitrogens with one attached hydrogen (secondary N) is 1. The average molecular weight is 367 g/mol. The van der Waals surface area contributed by atoms with Gasteiger partial charge in [-0.2, -0.15) is 0 Å². The van der Waals surface area contributed by atoms with Gasteiger partial charge in [0.1, 0.15) is 17.2 Å². The summed E-state index contributed by atoms with van der Waals surface area (Å²) >= 11 is 0. The van der Waals surface area contributed by atoms with Crippen molar-refractivity contribution >= 4 is 17.4 Å². The maximum Gasteiger partial charge on any atom is 0.225 e. The van der Waals surface area contributed by atoms with Crippen LogP contribution in [-0.4, -0.2) is 29.5 Å². The van der Waals surface area contributed by atoms with E-state index in [-0.39, 0.29) is 11.8 Å².